The summed E-state index contributed by atoms with van der Waals surface area (Å²) in [6.07, 6.45) is 1.57. The molecular formula is C15H15ClN2O2. The van der Waals surface area contributed by atoms with Gasteiger partial charge in [0.15, 0.2) is 0 Å². The monoisotopic (exact) mass is 290 g/mol. The van der Waals surface area contributed by atoms with Gasteiger partial charge in [0.25, 0.3) is 11.5 Å². The smallest absolute Gasteiger partial charge is 0.252 e. The first-order valence-electron chi connectivity index (χ1n) is 6.20. The molecule has 1 aromatic heterocycles. The predicted octanol–water partition coefficient (Wildman–Crippen LogP) is 2.53. The quantitative estimate of drug-likeness (QED) is 0.944. The van der Waals surface area contributed by atoms with Gasteiger partial charge in [-0.3, -0.25) is 9.59 Å². The van der Waals surface area contributed by atoms with Crippen LogP contribution in [0.2, 0.25) is 5.02 Å². The Balaban J connectivity index is 2.15. The highest BCUT2D eigenvalue weighted by atomic mass is 35.5. The van der Waals surface area contributed by atoms with Crippen LogP contribution in [0.4, 0.5) is 0 Å². The molecule has 4 nitrogen and oxygen atoms in total. The van der Waals surface area contributed by atoms with Crippen LogP contribution in [0.5, 0.6) is 0 Å². The first-order valence-corrected chi connectivity index (χ1v) is 6.58. The average Bonchev–Trinajstić information content (AvgIpc) is 2.41. The molecular weight excluding hydrogens is 276 g/mol. The van der Waals surface area contributed by atoms with E-state index in [1.165, 1.54) is 10.6 Å². The Labute approximate surface area is 122 Å². The number of carbonyl (C=O) groups excluding carboxylic acids is 1. The number of halogens is 1. The first kappa shape index (κ1) is 14.3. The zero-order valence-corrected chi connectivity index (χ0v) is 12.0. The van der Waals surface area contributed by atoms with Crippen molar-refractivity contribution in [2.75, 3.05) is 0 Å². The molecule has 0 saturated heterocycles. The third kappa shape index (κ3) is 3.27. The van der Waals surface area contributed by atoms with Crippen LogP contribution >= 0.6 is 11.6 Å². The molecule has 0 spiro atoms. The second kappa shape index (κ2) is 5.92. The van der Waals surface area contributed by atoms with Crippen molar-refractivity contribution < 1.29 is 4.79 Å². The Morgan fingerprint density at radius 2 is 2.05 bits per heavy atom. The fourth-order valence-corrected chi connectivity index (χ4v) is 2.03. The molecule has 0 aliphatic carbocycles. The van der Waals surface area contributed by atoms with Gasteiger partial charge in [0.05, 0.1) is 6.04 Å². The molecule has 0 radical (unpaired) electrons. The maximum absolute atomic E-state index is 12.1. The number of nitrogens with one attached hydrogen (secondary N) is 1. The van der Waals surface area contributed by atoms with Crippen LogP contribution in [-0.2, 0) is 7.05 Å². The highest BCUT2D eigenvalue weighted by Crippen LogP contribution is 2.17. The van der Waals surface area contributed by atoms with Crippen LogP contribution in [0.15, 0.2) is 47.4 Å². The van der Waals surface area contributed by atoms with Crippen molar-refractivity contribution in [3.05, 3.63) is 69.1 Å². The summed E-state index contributed by atoms with van der Waals surface area (Å²) < 4.78 is 1.41. The molecule has 0 aliphatic heterocycles. The van der Waals surface area contributed by atoms with Crippen molar-refractivity contribution >= 4 is 17.5 Å². The van der Waals surface area contributed by atoms with Crippen molar-refractivity contribution in [1.29, 1.82) is 0 Å². The Morgan fingerprint density at radius 3 is 2.70 bits per heavy atom. The number of nitrogens with zero attached hydrogens (tertiary/aromatic N) is 1. The van der Waals surface area contributed by atoms with Crippen molar-refractivity contribution in [3.8, 4) is 0 Å². The third-order valence-electron chi connectivity index (χ3n) is 3.06. The van der Waals surface area contributed by atoms with Crippen LogP contribution in [0.25, 0.3) is 0 Å². The minimum atomic E-state index is -0.282. The number of benzene rings is 1. The van der Waals surface area contributed by atoms with Gasteiger partial charge in [-0.1, -0.05) is 23.7 Å². The van der Waals surface area contributed by atoms with Crippen molar-refractivity contribution in [1.82, 2.24) is 9.88 Å². The Hall–Kier alpha value is -2.07. The number of rotatable bonds is 3. The lowest BCUT2D eigenvalue weighted by molar-refractivity contribution is 0.0939. The van der Waals surface area contributed by atoms with Crippen LogP contribution in [0.3, 0.4) is 0 Å². The number of hydrogen-bond acceptors (Lipinski definition) is 2. The van der Waals surface area contributed by atoms with Crippen LogP contribution in [0, 0.1) is 0 Å². The minimum Gasteiger partial charge on any atom is -0.346 e. The zero-order chi connectivity index (χ0) is 14.7. The van der Waals surface area contributed by atoms with E-state index in [1.54, 1.807) is 31.4 Å². The van der Waals surface area contributed by atoms with E-state index in [4.69, 9.17) is 11.6 Å². The van der Waals surface area contributed by atoms with Crippen LogP contribution in [-0.4, -0.2) is 10.5 Å². The number of pyridine rings is 1. The second-order valence-corrected chi connectivity index (χ2v) is 5.05. The van der Waals surface area contributed by atoms with Gasteiger partial charge in [-0.2, -0.15) is 0 Å². The standard InChI is InChI=1S/C15H15ClN2O2/c1-10(11-4-3-5-13(16)8-11)17-15(20)12-6-7-18(2)14(19)9-12/h3-10H,1-2H3,(H,17,20)/t10-/m1/s1. The topological polar surface area (TPSA) is 51.1 Å². The number of amides is 1. The zero-order valence-electron chi connectivity index (χ0n) is 11.3. The molecule has 2 aromatic rings. The normalized spacial score (nSPS) is 11.9. The molecule has 1 amide bonds. The SMILES string of the molecule is C[C@@H](NC(=O)c1ccn(C)c(=O)c1)c1cccc(Cl)c1. The number of aryl methyl sites for hydroxylation is 1. The molecule has 0 bridgehead atoms. The summed E-state index contributed by atoms with van der Waals surface area (Å²) in [5, 5.41) is 3.46. The van der Waals surface area contributed by atoms with E-state index in [2.05, 4.69) is 5.32 Å². The molecule has 0 unspecified atom stereocenters. The number of carbonyl (C=O) groups is 1. The summed E-state index contributed by atoms with van der Waals surface area (Å²) >= 11 is 5.92. The predicted molar refractivity (Wildman–Crippen MR) is 79.0 cm³/mol. The minimum absolute atomic E-state index is 0.190. The molecule has 1 heterocycles. The van der Waals surface area contributed by atoms with Gasteiger partial charge >= 0.3 is 0 Å². The summed E-state index contributed by atoms with van der Waals surface area (Å²) in [5.74, 6) is -0.282. The molecule has 0 fully saturated rings. The van der Waals surface area contributed by atoms with E-state index in [0.29, 0.717) is 10.6 Å². The number of aromatic nitrogens is 1. The highest BCUT2D eigenvalue weighted by molar-refractivity contribution is 6.30. The van der Waals surface area contributed by atoms with Gasteiger partial charge < -0.3 is 9.88 Å². The van der Waals surface area contributed by atoms with E-state index >= 15 is 0 Å². The fourth-order valence-electron chi connectivity index (χ4n) is 1.83. The van der Waals surface area contributed by atoms with Gasteiger partial charge in [-0.15, -0.1) is 0 Å². The van der Waals surface area contributed by atoms with Crippen molar-refractivity contribution in [2.45, 2.75) is 13.0 Å². The molecule has 0 saturated carbocycles. The molecule has 20 heavy (non-hydrogen) atoms. The molecule has 2 rings (SSSR count). The lowest BCUT2D eigenvalue weighted by atomic mass is 10.1. The summed E-state index contributed by atoms with van der Waals surface area (Å²) in [6, 6.07) is 10.0. The largest absolute Gasteiger partial charge is 0.346 e. The van der Waals surface area contributed by atoms with Gasteiger partial charge in [-0.25, -0.2) is 0 Å². The second-order valence-electron chi connectivity index (χ2n) is 4.61. The Bertz CT molecular complexity index is 694. The molecule has 1 N–H and O–H groups in total. The van der Waals surface area contributed by atoms with E-state index in [0.717, 1.165) is 5.56 Å². The molecule has 0 aliphatic rings. The lowest BCUT2D eigenvalue weighted by Gasteiger charge is -2.14. The van der Waals surface area contributed by atoms with E-state index in [-0.39, 0.29) is 17.5 Å². The highest BCUT2D eigenvalue weighted by Gasteiger charge is 2.12. The van der Waals surface area contributed by atoms with Crippen LogP contribution in [0.1, 0.15) is 28.9 Å². The summed E-state index contributed by atoms with van der Waals surface area (Å²) in [4.78, 5) is 23.6. The Kier molecular flexibility index (Phi) is 4.25. The van der Waals surface area contributed by atoms with Gasteiger partial charge in [-0.05, 0) is 30.7 Å². The van der Waals surface area contributed by atoms with Gasteiger partial charge in [0, 0.05) is 29.9 Å². The summed E-state index contributed by atoms with van der Waals surface area (Å²) in [7, 11) is 1.64. The molecule has 5 heteroatoms. The van der Waals surface area contributed by atoms with Crippen molar-refractivity contribution in [3.63, 3.8) is 0 Å². The molecule has 104 valence electrons. The summed E-state index contributed by atoms with van der Waals surface area (Å²) in [6.45, 7) is 1.87. The third-order valence-corrected chi connectivity index (χ3v) is 3.30. The van der Waals surface area contributed by atoms with Gasteiger partial charge in [0.2, 0.25) is 0 Å². The van der Waals surface area contributed by atoms with Crippen molar-refractivity contribution in [2.24, 2.45) is 7.05 Å². The fraction of sp³-hybridized carbons (Fsp3) is 0.200. The van der Waals surface area contributed by atoms with Gasteiger partial charge in [0.1, 0.15) is 0 Å². The first-order chi connectivity index (χ1) is 9.47. The average molecular weight is 291 g/mol. The molecule has 1 aromatic carbocycles. The van der Waals surface area contributed by atoms with E-state index < -0.39 is 0 Å². The lowest BCUT2D eigenvalue weighted by Crippen LogP contribution is -2.28. The molecule has 1 atom stereocenters. The number of hydrogen-bond donors (Lipinski definition) is 1. The van der Waals surface area contributed by atoms with E-state index in [9.17, 15) is 9.59 Å². The Morgan fingerprint density at radius 1 is 1.30 bits per heavy atom. The summed E-state index contributed by atoms with van der Waals surface area (Å²) in [5.41, 5.74) is 1.05. The maximum atomic E-state index is 12.1. The van der Waals surface area contributed by atoms with E-state index in [1.807, 2.05) is 19.1 Å². The maximum Gasteiger partial charge on any atom is 0.252 e. The van der Waals surface area contributed by atoms with Crippen LogP contribution < -0.4 is 10.9 Å².